The molecule has 1 rings (SSSR count). The summed E-state index contributed by atoms with van der Waals surface area (Å²) in [6, 6.07) is 0.514. The molecule has 114 valence electrons. The van der Waals surface area contributed by atoms with Crippen molar-refractivity contribution in [1.82, 2.24) is 10.2 Å². The van der Waals surface area contributed by atoms with Crippen LogP contribution in [0.2, 0.25) is 0 Å². The van der Waals surface area contributed by atoms with Gasteiger partial charge in [-0.2, -0.15) is 0 Å². The van der Waals surface area contributed by atoms with E-state index in [9.17, 15) is 5.11 Å². The first-order chi connectivity index (χ1) is 9.06. The van der Waals surface area contributed by atoms with Crippen molar-refractivity contribution in [3.8, 4) is 0 Å². The number of rotatable bonds is 8. The van der Waals surface area contributed by atoms with Crippen molar-refractivity contribution in [2.75, 3.05) is 32.8 Å². The predicted octanol–water partition coefficient (Wildman–Crippen LogP) is 1.63. The first kappa shape index (κ1) is 16.9. The lowest BCUT2D eigenvalue weighted by Gasteiger charge is -2.38. The monoisotopic (exact) mass is 272 g/mol. The molecule has 0 aromatic rings. The van der Waals surface area contributed by atoms with Crippen LogP contribution in [0.5, 0.6) is 0 Å². The van der Waals surface area contributed by atoms with E-state index >= 15 is 0 Å². The average Bonchev–Trinajstić information content (AvgIpc) is 2.41. The van der Waals surface area contributed by atoms with E-state index in [2.05, 4.69) is 37.9 Å². The van der Waals surface area contributed by atoms with E-state index in [0.29, 0.717) is 12.1 Å². The number of nitrogens with zero attached hydrogens (tertiary/aromatic N) is 1. The SMILES string of the molecule is CCNC(CC)(CO)CCCN1CC(C)OCC1C. The first-order valence-electron chi connectivity index (χ1n) is 7.78. The molecule has 1 aliphatic heterocycles. The molecule has 3 unspecified atom stereocenters. The Morgan fingerprint density at radius 2 is 2.11 bits per heavy atom. The fourth-order valence-electron chi connectivity index (χ4n) is 2.92. The minimum absolute atomic E-state index is 0.0874. The molecule has 0 amide bonds. The Balaban J connectivity index is 2.38. The molecule has 0 bridgehead atoms. The van der Waals surface area contributed by atoms with Crippen LogP contribution in [-0.4, -0.2) is 60.5 Å². The molecule has 0 aliphatic carbocycles. The minimum Gasteiger partial charge on any atom is -0.394 e. The van der Waals surface area contributed by atoms with Crippen LogP contribution in [-0.2, 0) is 4.74 Å². The summed E-state index contributed by atoms with van der Waals surface area (Å²) in [5, 5.41) is 13.1. The standard InChI is InChI=1S/C15H32N2O2/c1-5-15(12-18,16-6-2)8-7-9-17-10-14(4)19-11-13(17)3/h13-14,16,18H,5-12H2,1-4H3. The normalized spacial score (nSPS) is 28.3. The molecule has 4 heteroatoms. The Labute approximate surface area is 118 Å². The van der Waals surface area contributed by atoms with Crippen LogP contribution >= 0.6 is 0 Å². The van der Waals surface area contributed by atoms with E-state index in [4.69, 9.17) is 4.74 Å². The largest absolute Gasteiger partial charge is 0.394 e. The summed E-state index contributed by atoms with van der Waals surface area (Å²) >= 11 is 0. The van der Waals surface area contributed by atoms with Gasteiger partial charge >= 0.3 is 0 Å². The minimum atomic E-state index is -0.0874. The Hall–Kier alpha value is -0.160. The molecule has 1 aliphatic rings. The van der Waals surface area contributed by atoms with E-state index in [1.54, 1.807) is 0 Å². The number of likely N-dealkylation sites (N-methyl/N-ethyl adjacent to an activating group) is 1. The van der Waals surface area contributed by atoms with Gasteiger partial charge in [-0.25, -0.2) is 0 Å². The van der Waals surface area contributed by atoms with Crippen molar-refractivity contribution in [2.24, 2.45) is 0 Å². The van der Waals surface area contributed by atoms with Crippen LogP contribution in [0, 0.1) is 0 Å². The number of aliphatic hydroxyl groups is 1. The number of aliphatic hydroxyl groups excluding tert-OH is 1. The molecule has 0 saturated carbocycles. The van der Waals surface area contributed by atoms with Gasteiger partial charge in [-0.1, -0.05) is 13.8 Å². The zero-order valence-corrected chi connectivity index (χ0v) is 13.1. The van der Waals surface area contributed by atoms with Gasteiger partial charge in [0.05, 0.1) is 19.3 Å². The van der Waals surface area contributed by atoms with Gasteiger partial charge in [0, 0.05) is 18.1 Å². The number of hydrogen-bond acceptors (Lipinski definition) is 4. The third-order valence-corrected chi connectivity index (χ3v) is 4.37. The Kier molecular flexibility index (Phi) is 7.29. The number of hydrogen-bond donors (Lipinski definition) is 2. The topological polar surface area (TPSA) is 44.7 Å². The molecule has 0 spiro atoms. The maximum absolute atomic E-state index is 9.64. The van der Waals surface area contributed by atoms with Gasteiger partial charge in [0.25, 0.3) is 0 Å². The summed E-state index contributed by atoms with van der Waals surface area (Å²) < 4.78 is 5.65. The van der Waals surface area contributed by atoms with Crippen LogP contribution in [0.3, 0.4) is 0 Å². The van der Waals surface area contributed by atoms with E-state index in [1.807, 2.05) is 0 Å². The van der Waals surface area contributed by atoms with Crippen molar-refractivity contribution >= 4 is 0 Å². The second-order valence-corrected chi connectivity index (χ2v) is 5.91. The second-order valence-electron chi connectivity index (χ2n) is 5.91. The number of morpholine rings is 1. The summed E-state index contributed by atoms with van der Waals surface area (Å²) in [7, 11) is 0. The maximum Gasteiger partial charge on any atom is 0.0674 e. The summed E-state index contributed by atoms with van der Waals surface area (Å²) in [4.78, 5) is 2.51. The van der Waals surface area contributed by atoms with Crippen molar-refractivity contribution in [3.63, 3.8) is 0 Å². The molecule has 1 saturated heterocycles. The molecule has 2 N–H and O–H groups in total. The van der Waals surface area contributed by atoms with Gasteiger partial charge < -0.3 is 15.2 Å². The Morgan fingerprint density at radius 3 is 2.68 bits per heavy atom. The molecular weight excluding hydrogens is 240 g/mol. The summed E-state index contributed by atoms with van der Waals surface area (Å²) in [5.41, 5.74) is -0.0874. The van der Waals surface area contributed by atoms with Crippen LogP contribution < -0.4 is 5.32 Å². The summed E-state index contributed by atoms with van der Waals surface area (Å²) in [6.45, 7) is 12.7. The molecule has 1 fully saturated rings. The lowest BCUT2D eigenvalue weighted by Crippen LogP contribution is -2.50. The van der Waals surface area contributed by atoms with Gasteiger partial charge in [0.2, 0.25) is 0 Å². The van der Waals surface area contributed by atoms with Crippen molar-refractivity contribution < 1.29 is 9.84 Å². The summed E-state index contributed by atoms with van der Waals surface area (Å²) in [5.74, 6) is 0. The van der Waals surface area contributed by atoms with Gasteiger partial charge in [-0.15, -0.1) is 0 Å². The maximum atomic E-state index is 9.64. The molecule has 3 atom stereocenters. The molecule has 0 radical (unpaired) electrons. The zero-order valence-electron chi connectivity index (χ0n) is 13.1. The van der Waals surface area contributed by atoms with Gasteiger partial charge in [0.1, 0.15) is 0 Å². The molecule has 4 nitrogen and oxygen atoms in total. The zero-order chi connectivity index (χ0) is 14.3. The summed E-state index contributed by atoms with van der Waals surface area (Å²) in [6.07, 6.45) is 3.48. The van der Waals surface area contributed by atoms with Crippen molar-refractivity contribution in [3.05, 3.63) is 0 Å². The lowest BCUT2D eigenvalue weighted by molar-refractivity contribution is -0.0504. The second kappa shape index (κ2) is 8.20. The van der Waals surface area contributed by atoms with Crippen LogP contribution in [0.15, 0.2) is 0 Å². The highest BCUT2D eigenvalue weighted by molar-refractivity contribution is 4.86. The Bertz CT molecular complexity index is 244. The van der Waals surface area contributed by atoms with E-state index in [0.717, 1.165) is 45.5 Å². The first-order valence-corrected chi connectivity index (χ1v) is 7.78. The van der Waals surface area contributed by atoms with Crippen LogP contribution in [0.25, 0.3) is 0 Å². The highest BCUT2D eigenvalue weighted by Gasteiger charge is 2.27. The quantitative estimate of drug-likeness (QED) is 0.705. The smallest absolute Gasteiger partial charge is 0.0674 e. The molecular formula is C15H32N2O2. The predicted molar refractivity (Wildman–Crippen MR) is 79.5 cm³/mol. The van der Waals surface area contributed by atoms with E-state index < -0.39 is 0 Å². The van der Waals surface area contributed by atoms with Crippen molar-refractivity contribution in [2.45, 2.75) is 64.6 Å². The third kappa shape index (κ3) is 5.03. The number of ether oxygens (including phenoxy) is 1. The molecule has 0 aromatic heterocycles. The van der Waals surface area contributed by atoms with Crippen LogP contribution in [0.4, 0.5) is 0 Å². The highest BCUT2D eigenvalue weighted by Crippen LogP contribution is 2.19. The van der Waals surface area contributed by atoms with Crippen molar-refractivity contribution in [1.29, 1.82) is 0 Å². The fraction of sp³-hybridized carbons (Fsp3) is 1.00. The molecule has 19 heavy (non-hydrogen) atoms. The fourth-order valence-corrected chi connectivity index (χ4v) is 2.92. The number of nitrogens with one attached hydrogen (secondary N) is 1. The highest BCUT2D eigenvalue weighted by atomic mass is 16.5. The van der Waals surface area contributed by atoms with E-state index in [-0.39, 0.29) is 12.1 Å². The molecule has 0 aromatic carbocycles. The lowest BCUT2D eigenvalue weighted by atomic mass is 9.91. The Morgan fingerprint density at radius 1 is 1.37 bits per heavy atom. The van der Waals surface area contributed by atoms with Gasteiger partial charge in [-0.05, 0) is 46.2 Å². The van der Waals surface area contributed by atoms with E-state index in [1.165, 1.54) is 0 Å². The average molecular weight is 272 g/mol. The van der Waals surface area contributed by atoms with Crippen LogP contribution in [0.1, 0.15) is 47.0 Å². The molecule has 1 heterocycles. The third-order valence-electron chi connectivity index (χ3n) is 4.37. The van der Waals surface area contributed by atoms with Gasteiger partial charge in [0.15, 0.2) is 0 Å². The van der Waals surface area contributed by atoms with Gasteiger partial charge in [-0.3, -0.25) is 4.90 Å².